The highest BCUT2D eigenvalue weighted by Gasteiger charge is 2.25. The highest BCUT2D eigenvalue weighted by atomic mass is 32.2. The summed E-state index contributed by atoms with van der Waals surface area (Å²) in [5, 5.41) is 1.74. The lowest BCUT2D eigenvalue weighted by Gasteiger charge is -2.35. The highest BCUT2D eigenvalue weighted by Crippen LogP contribution is 2.15. The molecule has 0 aromatic carbocycles. The SMILES string of the molecule is CC(C)(C)OC(=O)N1CCN(CCNS(=O)(=O)c2cccs2)CC1. The lowest BCUT2D eigenvalue weighted by Crippen LogP contribution is -2.51. The number of rotatable bonds is 5. The quantitative estimate of drug-likeness (QED) is 0.845. The second kappa shape index (κ2) is 7.81. The van der Waals surface area contributed by atoms with Crippen molar-refractivity contribution < 1.29 is 17.9 Å². The van der Waals surface area contributed by atoms with E-state index in [1.807, 2.05) is 20.8 Å². The van der Waals surface area contributed by atoms with Crippen LogP contribution in [0.25, 0.3) is 0 Å². The highest BCUT2D eigenvalue weighted by molar-refractivity contribution is 7.91. The van der Waals surface area contributed by atoms with Gasteiger partial charge in [0.05, 0.1) is 0 Å². The first-order valence-electron chi connectivity index (χ1n) is 7.91. The summed E-state index contributed by atoms with van der Waals surface area (Å²) in [6.45, 7) is 9.11. The van der Waals surface area contributed by atoms with Crippen LogP contribution in [0.4, 0.5) is 4.79 Å². The normalized spacial score (nSPS) is 17.0. The molecule has 1 aliphatic rings. The van der Waals surface area contributed by atoms with E-state index in [-0.39, 0.29) is 6.09 Å². The third-order valence-corrected chi connectivity index (χ3v) is 6.36. The third kappa shape index (κ3) is 5.73. The van der Waals surface area contributed by atoms with Crippen LogP contribution >= 0.6 is 11.3 Å². The Bertz CT molecular complexity index is 630. The molecule has 2 rings (SSSR count). The van der Waals surface area contributed by atoms with Crippen LogP contribution in [0, 0.1) is 0 Å². The van der Waals surface area contributed by atoms with Crippen molar-refractivity contribution in [3.05, 3.63) is 17.5 Å². The van der Waals surface area contributed by atoms with Gasteiger partial charge in [-0.15, -0.1) is 11.3 Å². The van der Waals surface area contributed by atoms with E-state index in [9.17, 15) is 13.2 Å². The number of sulfonamides is 1. The average Bonchev–Trinajstić information content (AvgIpc) is 3.01. The van der Waals surface area contributed by atoms with E-state index in [2.05, 4.69) is 9.62 Å². The summed E-state index contributed by atoms with van der Waals surface area (Å²) in [4.78, 5) is 15.8. The number of hydrogen-bond acceptors (Lipinski definition) is 6. The Balaban J connectivity index is 1.71. The van der Waals surface area contributed by atoms with E-state index in [0.717, 1.165) is 0 Å². The molecule has 1 amide bonds. The van der Waals surface area contributed by atoms with Crippen LogP contribution in [0.5, 0.6) is 0 Å². The van der Waals surface area contributed by atoms with Crippen molar-refractivity contribution in [1.29, 1.82) is 0 Å². The van der Waals surface area contributed by atoms with Crippen molar-refractivity contribution in [3.63, 3.8) is 0 Å². The molecule has 0 bridgehead atoms. The number of ether oxygens (including phenoxy) is 1. The minimum absolute atomic E-state index is 0.291. The molecule has 24 heavy (non-hydrogen) atoms. The maximum absolute atomic E-state index is 12.0. The number of hydrogen-bond donors (Lipinski definition) is 1. The van der Waals surface area contributed by atoms with Gasteiger partial charge in [0.15, 0.2) is 0 Å². The number of thiophene rings is 1. The Hall–Kier alpha value is -1.16. The Morgan fingerprint density at radius 2 is 1.96 bits per heavy atom. The fourth-order valence-electron chi connectivity index (χ4n) is 2.31. The summed E-state index contributed by atoms with van der Waals surface area (Å²) in [6, 6.07) is 3.31. The number of nitrogens with zero attached hydrogens (tertiary/aromatic N) is 2. The van der Waals surface area contributed by atoms with Gasteiger partial charge in [0.25, 0.3) is 0 Å². The Labute approximate surface area is 147 Å². The molecule has 0 spiro atoms. The van der Waals surface area contributed by atoms with Crippen LogP contribution in [-0.4, -0.2) is 69.2 Å². The Morgan fingerprint density at radius 1 is 1.29 bits per heavy atom. The fourth-order valence-corrected chi connectivity index (χ4v) is 4.36. The van der Waals surface area contributed by atoms with Crippen molar-refractivity contribution in [3.8, 4) is 0 Å². The lowest BCUT2D eigenvalue weighted by atomic mass is 10.2. The van der Waals surface area contributed by atoms with Gasteiger partial charge in [0.1, 0.15) is 9.81 Å². The Morgan fingerprint density at radius 3 is 2.50 bits per heavy atom. The van der Waals surface area contributed by atoms with Crippen LogP contribution < -0.4 is 4.72 Å². The standard InChI is InChI=1S/C15H25N3O4S2/c1-15(2,3)22-14(19)18-10-8-17(9-11-18)7-6-16-24(20,21)13-5-4-12-23-13/h4-5,12,16H,6-11H2,1-3H3. The van der Waals surface area contributed by atoms with E-state index in [4.69, 9.17) is 4.74 Å². The molecule has 1 aliphatic heterocycles. The molecule has 7 nitrogen and oxygen atoms in total. The van der Waals surface area contributed by atoms with E-state index < -0.39 is 15.6 Å². The zero-order valence-electron chi connectivity index (χ0n) is 14.3. The summed E-state index contributed by atoms with van der Waals surface area (Å²) in [5.41, 5.74) is -0.492. The number of piperazine rings is 1. The van der Waals surface area contributed by atoms with Gasteiger partial charge < -0.3 is 9.64 Å². The zero-order chi connectivity index (χ0) is 17.8. The van der Waals surface area contributed by atoms with Gasteiger partial charge >= 0.3 is 6.09 Å². The molecule has 136 valence electrons. The van der Waals surface area contributed by atoms with Gasteiger partial charge in [-0.2, -0.15) is 0 Å². The lowest BCUT2D eigenvalue weighted by molar-refractivity contribution is 0.0147. The van der Waals surface area contributed by atoms with Crippen LogP contribution in [0.3, 0.4) is 0 Å². The molecule has 0 radical (unpaired) electrons. The first kappa shape index (κ1) is 19.2. The maximum atomic E-state index is 12.0. The largest absolute Gasteiger partial charge is 0.444 e. The number of amides is 1. The summed E-state index contributed by atoms with van der Waals surface area (Å²) in [5.74, 6) is 0. The van der Waals surface area contributed by atoms with Gasteiger partial charge in [0.2, 0.25) is 10.0 Å². The number of carbonyl (C=O) groups is 1. The molecule has 0 aliphatic carbocycles. The minimum Gasteiger partial charge on any atom is -0.444 e. The van der Waals surface area contributed by atoms with E-state index in [1.54, 1.807) is 22.4 Å². The molecule has 1 aromatic heterocycles. The molecule has 1 saturated heterocycles. The zero-order valence-corrected chi connectivity index (χ0v) is 16.0. The molecule has 1 fully saturated rings. The first-order valence-corrected chi connectivity index (χ1v) is 10.3. The van der Waals surface area contributed by atoms with Crippen molar-refractivity contribution in [2.75, 3.05) is 39.3 Å². The molecular weight excluding hydrogens is 350 g/mol. The summed E-state index contributed by atoms with van der Waals surface area (Å²) < 4.78 is 32.3. The van der Waals surface area contributed by atoms with Gasteiger partial charge in [-0.25, -0.2) is 17.9 Å². The fraction of sp³-hybridized carbons (Fsp3) is 0.667. The van der Waals surface area contributed by atoms with E-state index in [1.165, 1.54) is 11.3 Å². The molecule has 1 N–H and O–H groups in total. The monoisotopic (exact) mass is 375 g/mol. The van der Waals surface area contributed by atoms with Crippen LogP contribution in [0.2, 0.25) is 0 Å². The molecule has 0 atom stereocenters. The van der Waals surface area contributed by atoms with Gasteiger partial charge in [-0.1, -0.05) is 6.07 Å². The maximum Gasteiger partial charge on any atom is 0.410 e. The van der Waals surface area contributed by atoms with Crippen LogP contribution in [0.15, 0.2) is 21.7 Å². The van der Waals surface area contributed by atoms with Crippen molar-refractivity contribution in [1.82, 2.24) is 14.5 Å². The smallest absolute Gasteiger partial charge is 0.410 e. The Kier molecular flexibility index (Phi) is 6.24. The molecule has 2 heterocycles. The number of nitrogens with one attached hydrogen (secondary N) is 1. The van der Waals surface area contributed by atoms with Crippen molar-refractivity contribution in [2.24, 2.45) is 0 Å². The average molecular weight is 376 g/mol. The summed E-state index contributed by atoms with van der Waals surface area (Å²) in [6.07, 6.45) is -0.291. The molecule has 1 aromatic rings. The first-order chi connectivity index (χ1) is 11.2. The van der Waals surface area contributed by atoms with Gasteiger partial charge in [-0.05, 0) is 32.2 Å². The van der Waals surface area contributed by atoms with Gasteiger partial charge in [-0.3, -0.25) is 4.90 Å². The predicted octanol–water partition coefficient (Wildman–Crippen LogP) is 1.58. The van der Waals surface area contributed by atoms with Crippen LogP contribution in [-0.2, 0) is 14.8 Å². The molecule has 0 saturated carbocycles. The predicted molar refractivity (Wildman–Crippen MR) is 93.8 cm³/mol. The van der Waals surface area contributed by atoms with Gasteiger partial charge in [0, 0.05) is 39.3 Å². The van der Waals surface area contributed by atoms with Crippen molar-refractivity contribution >= 4 is 27.5 Å². The third-order valence-electron chi connectivity index (χ3n) is 3.50. The number of carbonyl (C=O) groups excluding carboxylic acids is 1. The molecule has 9 heteroatoms. The second-order valence-electron chi connectivity index (χ2n) is 6.64. The van der Waals surface area contributed by atoms with E-state index >= 15 is 0 Å². The molecule has 0 unspecified atom stereocenters. The van der Waals surface area contributed by atoms with Crippen LogP contribution in [0.1, 0.15) is 20.8 Å². The summed E-state index contributed by atoms with van der Waals surface area (Å²) in [7, 11) is -3.40. The molecular formula is C15H25N3O4S2. The summed E-state index contributed by atoms with van der Waals surface area (Å²) >= 11 is 1.20. The topological polar surface area (TPSA) is 79.0 Å². The van der Waals surface area contributed by atoms with E-state index in [0.29, 0.717) is 43.5 Å². The van der Waals surface area contributed by atoms with Crippen molar-refractivity contribution in [2.45, 2.75) is 30.6 Å². The second-order valence-corrected chi connectivity index (χ2v) is 9.58. The minimum atomic E-state index is -3.40.